The monoisotopic (exact) mass is 524 g/mol. The summed E-state index contributed by atoms with van der Waals surface area (Å²) in [5, 5.41) is 9.47. The molecular weight excluding hydrogens is 501 g/mol. The molecule has 7 heteroatoms. The van der Waals surface area contributed by atoms with Crippen molar-refractivity contribution in [3.05, 3.63) is 63.9 Å². The third-order valence-corrected chi connectivity index (χ3v) is 7.84. The number of imidazole rings is 2. The third-order valence-electron chi connectivity index (χ3n) is 5.13. The van der Waals surface area contributed by atoms with E-state index in [2.05, 4.69) is 44.2 Å². The minimum absolute atomic E-state index is 0.101. The second-order valence-electron chi connectivity index (χ2n) is 7.75. The predicted octanol–water partition coefficient (Wildman–Crippen LogP) is 1.51. The number of hydrogen-bond donors (Lipinski definition) is 3. The number of aromatic amines is 2. The van der Waals surface area contributed by atoms with Gasteiger partial charge in [0.15, 0.2) is 0 Å². The van der Waals surface area contributed by atoms with E-state index in [9.17, 15) is 5.11 Å². The van der Waals surface area contributed by atoms with E-state index in [1.165, 1.54) is 3.57 Å². The van der Waals surface area contributed by atoms with Crippen LogP contribution in [0.3, 0.4) is 0 Å². The van der Waals surface area contributed by atoms with E-state index in [4.69, 9.17) is 4.98 Å². The maximum absolute atomic E-state index is 9.47. The van der Waals surface area contributed by atoms with Gasteiger partial charge in [0.2, 0.25) is 0 Å². The first-order valence-electron chi connectivity index (χ1n) is 10.3. The smallest absolute Gasteiger partial charge is 0.0305 e. The number of nitrogens with one attached hydrogen (secondary N) is 2. The molecule has 0 aliphatic heterocycles. The molecular formula is C24H23IN5O-. The van der Waals surface area contributed by atoms with E-state index < -0.39 is 0 Å². The Hall–Kier alpha value is -2.78. The van der Waals surface area contributed by atoms with Gasteiger partial charge in [0.05, 0.1) is 0 Å². The van der Waals surface area contributed by atoms with Crippen LogP contribution in [0.1, 0.15) is 18.9 Å². The van der Waals surface area contributed by atoms with Gasteiger partial charge in [-0.2, -0.15) is 0 Å². The summed E-state index contributed by atoms with van der Waals surface area (Å²) < 4.78 is 2.44. The molecule has 158 valence electrons. The zero-order chi connectivity index (χ0) is 21.4. The molecule has 5 aromatic rings. The Morgan fingerprint density at radius 2 is 1.68 bits per heavy atom. The van der Waals surface area contributed by atoms with E-state index in [0.29, 0.717) is 0 Å². The van der Waals surface area contributed by atoms with Crippen molar-refractivity contribution in [2.24, 2.45) is 0 Å². The fourth-order valence-electron chi connectivity index (χ4n) is 3.41. The number of alkyl halides is 1. The first-order valence-corrected chi connectivity index (χ1v) is 12.9. The van der Waals surface area contributed by atoms with E-state index >= 15 is 0 Å². The van der Waals surface area contributed by atoms with E-state index in [1.807, 2.05) is 44.3 Å². The number of nitrogens with zero attached hydrogens (tertiary/aromatic N) is 3. The van der Waals surface area contributed by atoms with E-state index in [1.54, 1.807) is 0 Å². The second-order valence-corrected chi connectivity index (χ2v) is 10.8. The SMILES string of the molecule is Cc1ccc(-c2nc3ccc(-c4nc5ccc([I-]CCC(C)O)cc5[nH]4)cc3[nH]2)nc1. The standard InChI is InChI=1S/C24H23IN5O/c1-14-3-6-20(26-13-14)24-28-18-7-4-16(11-21(18)30-24)23-27-19-8-5-17(12-22(19)29-23)25-10-9-15(2)31/h3-8,11-13,15,31H,9-10H2,1-2H3,(H,27,29)(H,28,30)/q-1. The Kier molecular flexibility index (Phi) is 5.45. The topological polar surface area (TPSA) is 90.5 Å². The van der Waals surface area contributed by atoms with Crippen molar-refractivity contribution in [1.82, 2.24) is 24.9 Å². The maximum atomic E-state index is 9.47. The fourth-order valence-corrected chi connectivity index (χ4v) is 6.21. The van der Waals surface area contributed by atoms with Crippen LogP contribution in [-0.2, 0) is 0 Å². The zero-order valence-electron chi connectivity index (χ0n) is 17.4. The summed E-state index contributed by atoms with van der Waals surface area (Å²) >= 11 is -0.101. The average molecular weight is 524 g/mol. The van der Waals surface area contributed by atoms with Crippen LogP contribution < -0.4 is 21.2 Å². The van der Waals surface area contributed by atoms with Crippen LogP contribution >= 0.6 is 0 Å². The van der Waals surface area contributed by atoms with Crippen LogP contribution in [0.15, 0.2) is 54.7 Å². The van der Waals surface area contributed by atoms with Crippen LogP contribution in [0.2, 0.25) is 0 Å². The third kappa shape index (κ3) is 4.33. The van der Waals surface area contributed by atoms with Gasteiger partial charge in [-0.3, -0.25) is 0 Å². The molecule has 0 spiro atoms. The number of fused-ring (bicyclic) bond motifs is 2. The molecule has 0 fully saturated rings. The van der Waals surface area contributed by atoms with Gasteiger partial charge >= 0.3 is 166 Å². The molecule has 2 aromatic carbocycles. The summed E-state index contributed by atoms with van der Waals surface area (Å²) in [5.74, 6) is 1.61. The number of rotatable bonds is 6. The molecule has 5 rings (SSSR count). The summed E-state index contributed by atoms with van der Waals surface area (Å²) in [7, 11) is 0. The normalized spacial score (nSPS) is 12.7. The Morgan fingerprint density at radius 3 is 2.45 bits per heavy atom. The summed E-state index contributed by atoms with van der Waals surface area (Å²) in [4.78, 5) is 20.8. The predicted molar refractivity (Wildman–Crippen MR) is 119 cm³/mol. The molecule has 0 saturated carbocycles. The second kappa shape index (κ2) is 8.39. The van der Waals surface area contributed by atoms with Crippen molar-refractivity contribution in [2.45, 2.75) is 26.4 Å². The molecule has 3 N–H and O–H groups in total. The van der Waals surface area contributed by atoms with Crippen LogP contribution in [0.4, 0.5) is 0 Å². The van der Waals surface area contributed by atoms with Crippen molar-refractivity contribution in [3.8, 4) is 22.9 Å². The number of hydrogen-bond acceptors (Lipinski definition) is 4. The molecule has 0 aliphatic rings. The minimum Gasteiger partial charge on any atom is 0.0305 e. The number of benzene rings is 2. The van der Waals surface area contributed by atoms with Gasteiger partial charge in [0.25, 0.3) is 0 Å². The van der Waals surface area contributed by atoms with Gasteiger partial charge in [0, 0.05) is 6.20 Å². The van der Waals surface area contributed by atoms with Gasteiger partial charge in [-0.1, -0.05) is 6.07 Å². The van der Waals surface area contributed by atoms with Gasteiger partial charge in [-0.25, -0.2) is 0 Å². The van der Waals surface area contributed by atoms with Crippen LogP contribution in [0.5, 0.6) is 0 Å². The van der Waals surface area contributed by atoms with Gasteiger partial charge in [-0.05, 0) is 12.5 Å². The molecule has 0 saturated heterocycles. The quantitative estimate of drug-likeness (QED) is 0.232. The summed E-state index contributed by atoms with van der Waals surface area (Å²) in [5.41, 5.74) is 6.85. The summed E-state index contributed by atoms with van der Waals surface area (Å²) in [6.45, 7) is 3.88. The number of aliphatic hydroxyl groups is 1. The number of halogens is 1. The van der Waals surface area contributed by atoms with Gasteiger partial charge in [0.1, 0.15) is 0 Å². The number of aryl methyl sites for hydroxylation is 1. The fraction of sp³-hybridized carbons (Fsp3) is 0.208. The van der Waals surface area contributed by atoms with Crippen LogP contribution in [0.25, 0.3) is 45.0 Å². The molecule has 0 bridgehead atoms. The van der Waals surface area contributed by atoms with Crippen molar-refractivity contribution >= 4 is 22.1 Å². The molecule has 1 atom stereocenters. The molecule has 6 nitrogen and oxygen atoms in total. The minimum atomic E-state index is -0.220. The first-order chi connectivity index (χ1) is 15.0. The van der Waals surface area contributed by atoms with Crippen molar-refractivity contribution in [2.75, 3.05) is 4.43 Å². The van der Waals surface area contributed by atoms with E-state index in [0.717, 1.165) is 61.4 Å². The Morgan fingerprint density at radius 1 is 0.935 bits per heavy atom. The molecule has 3 heterocycles. The number of H-pyrrole nitrogens is 2. The molecule has 0 aliphatic carbocycles. The van der Waals surface area contributed by atoms with E-state index in [-0.39, 0.29) is 27.3 Å². The van der Waals surface area contributed by atoms with Crippen LogP contribution in [0, 0.1) is 10.5 Å². The van der Waals surface area contributed by atoms with Crippen molar-refractivity contribution < 1.29 is 26.3 Å². The molecule has 0 radical (unpaired) electrons. The number of pyridine rings is 1. The first kappa shape index (κ1) is 20.1. The Bertz CT molecular complexity index is 1350. The molecule has 0 amide bonds. The molecule has 1 unspecified atom stereocenters. The summed E-state index contributed by atoms with van der Waals surface area (Å²) in [6.07, 6.45) is 2.49. The molecule has 3 aromatic heterocycles. The van der Waals surface area contributed by atoms with Crippen LogP contribution in [-0.4, -0.2) is 40.6 Å². The number of aliphatic hydroxyl groups excluding tert-OH is 1. The zero-order valence-corrected chi connectivity index (χ0v) is 19.5. The average Bonchev–Trinajstić information content (AvgIpc) is 3.37. The van der Waals surface area contributed by atoms with Gasteiger partial charge < -0.3 is 0 Å². The number of aromatic nitrogens is 5. The van der Waals surface area contributed by atoms with Gasteiger partial charge in [-0.15, -0.1) is 0 Å². The van der Waals surface area contributed by atoms with Crippen molar-refractivity contribution in [1.29, 1.82) is 0 Å². The summed E-state index contributed by atoms with van der Waals surface area (Å²) in [6, 6.07) is 16.6. The Labute approximate surface area is 190 Å². The Balaban J connectivity index is 1.43. The molecule has 31 heavy (non-hydrogen) atoms. The van der Waals surface area contributed by atoms with Crippen molar-refractivity contribution in [3.63, 3.8) is 0 Å².